The topological polar surface area (TPSA) is 52.0 Å². The van der Waals surface area contributed by atoms with E-state index >= 15 is 0 Å². The van der Waals surface area contributed by atoms with E-state index in [0.29, 0.717) is 6.04 Å². The highest BCUT2D eigenvalue weighted by molar-refractivity contribution is 5.93. The molecule has 5 nitrogen and oxygen atoms in total. The van der Waals surface area contributed by atoms with Crippen LogP contribution in [0.15, 0.2) is 43.0 Å². The van der Waals surface area contributed by atoms with Crippen LogP contribution in [0.25, 0.3) is 22.2 Å². The summed E-state index contributed by atoms with van der Waals surface area (Å²) in [6.07, 6.45) is 6.85. The third kappa shape index (κ3) is 2.14. The van der Waals surface area contributed by atoms with Gasteiger partial charge in [-0.2, -0.15) is 0 Å². The molecule has 0 bridgehead atoms. The molecule has 5 heteroatoms. The molecule has 4 rings (SSSR count). The van der Waals surface area contributed by atoms with Crippen molar-refractivity contribution in [3.63, 3.8) is 0 Å². The molecule has 1 fully saturated rings. The predicted octanol–water partition coefficient (Wildman–Crippen LogP) is 2.64. The number of ether oxygens (including phenoxy) is 1. The first-order chi connectivity index (χ1) is 10.9. The number of hydrogen-bond acceptors (Lipinski definition) is 4. The van der Waals surface area contributed by atoms with E-state index in [1.165, 1.54) is 0 Å². The second-order valence-corrected chi connectivity index (χ2v) is 5.59. The minimum absolute atomic E-state index is 0.455. The highest BCUT2D eigenvalue weighted by Crippen LogP contribution is 2.33. The summed E-state index contributed by atoms with van der Waals surface area (Å²) in [6.45, 7) is 2.05. The number of fused-ring (bicyclic) bond motifs is 1. The second-order valence-electron chi connectivity index (χ2n) is 5.59. The Morgan fingerprint density at radius 1 is 1.36 bits per heavy atom. The van der Waals surface area contributed by atoms with Gasteiger partial charge in [0.15, 0.2) is 0 Å². The van der Waals surface area contributed by atoms with Crippen molar-refractivity contribution in [2.75, 3.05) is 20.2 Å². The fourth-order valence-corrected chi connectivity index (χ4v) is 3.16. The Kier molecular flexibility index (Phi) is 3.27. The van der Waals surface area contributed by atoms with Crippen molar-refractivity contribution in [2.24, 2.45) is 0 Å². The van der Waals surface area contributed by atoms with Gasteiger partial charge in [0.05, 0.1) is 7.11 Å². The molecule has 1 atom stereocenters. The monoisotopic (exact) mass is 294 g/mol. The third-order valence-corrected chi connectivity index (χ3v) is 4.30. The average molecular weight is 294 g/mol. The molecule has 1 saturated heterocycles. The Balaban J connectivity index is 1.90. The zero-order valence-corrected chi connectivity index (χ0v) is 12.5. The van der Waals surface area contributed by atoms with Gasteiger partial charge in [0.1, 0.15) is 17.7 Å². The molecule has 0 spiro atoms. The van der Waals surface area contributed by atoms with Crippen LogP contribution in [0.3, 0.4) is 0 Å². The van der Waals surface area contributed by atoms with Crippen LogP contribution in [0, 0.1) is 0 Å². The SMILES string of the molecule is COc1cccc(-c2cn(C3CCNC3)c3ncncc23)c1. The van der Waals surface area contributed by atoms with Crippen molar-refractivity contribution >= 4 is 11.0 Å². The summed E-state index contributed by atoms with van der Waals surface area (Å²) in [4.78, 5) is 8.72. The van der Waals surface area contributed by atoms with Crippen LogP contribution in [0.1, 0.15) is 12.5 Å². The van der Waals surface area contributed by atoms with E-state index in [0.717, 1.165) is 47.4 Å². The molecular formula is C17H18N4O. The molecule has 0 saturated carbocycles. The van der Waals surface area contributed by atoms with E-state index in [2.05, 4.69) is 38.2 Å². The standard InChI is InChI=1S/C17H18N4O/c1-22-14-4-2-3-12(7-14)16-10-21(13-5-6-18-8-13)17-15(16)9-19-11-20-17/h2-4,7,9-11,13,18H,5-6,8H2,1H3. The van der Waals surface area contributed by atoms with Crippen molar-refractivity contribution in [2.45, 2.75) is 12.5 Å². The summed E-state index contributed by atoms with van der Waals surface area (Å²) in [6, 6.07) is 8.58. The van der Waals surface area contributed by atoms with Gasteiger partial charge in [-0.3, -0.25) is 0 Å². The fourth-order valence-electron chi connectivity index (χ4n) is 3.16. The van der Waals surface area contributed by atoms with Crippen LogP contribution in [0.4, 0.5) is 0 Å². The van der Waals surface area contributed by atoms with E-state index < -0.39 is 0 Å². The van der Waals surface area contributed by atoms with Gasteiger partial charge in [0.25, 0.3) is 0 Å². The van der Waals surface area contributed by atoms with Gasteiger partial charge in [-0.25, -0.2) is 9.97 Å². The predicted molar refractivity (Wildman–Crippen MR) is 86.0 cm³/mol. The second kappa shape index (κ2) is 5.42. The van der Waals surface area contributed by atoms with Crippen molar-refractivity contribution in [3.8, 4) is 16.9 Å². The average Bonchev–Trinajstić information content (AvgIpc) is 3.22. The maximum absolute atomic E-state index is 5.35. The van der Waals surface area contributed by atoms with Gasteiger partial charge >= 0.3 is 0 Å². The Bertz CT molecular complexity index is 805. The normalized spacial score (nSPS) is 18.0. The molecule has 0 aliphatic carbocycles. The van der Waals surface area contributed by atoms with Crippen LogP contribution >= 0.6 is 0 Å². The van der Waals surface area contributed by atoms with Crippen LogP contribution < -0.4 is 10.1 Å². The zero-order chi connectivity index (χ0) is 14.9. The van der Waals surface area contributed by atoms with E-state index in [-0.39, 0.29) is 0 Å². The van der Waals surface area contributed by atoms with Crippen molar-refractivity contribution in [1.82, 2.24) is 19.9 Å². The van der Waals surface area contributed by atoms with Gasteiger partial charge in [-0.1, -0.05) is 12.1 Å². The molecule has 1 N–H and O–H groups in total. The minimum atomic E-state index is 0.455. The molecule has 3 aromatic rings. The Hall–Kier alpha value is -2.40. The Morgan fingerprint density at radius 2 is 2.32 bits per heavy atom. The molecule has 2 aromatic heterocycles. The van der Waals surface area contributed by atoms with Gasteiger partial charge in [-0.05, 0) is 30.7 Å². The number of nitrogens with zero attached hydrogens (tertiary/aromatic N) is 3. The van der Waals surface area contributed by atoms with E-state index in [1.54, 1.807) is 13.4 Å². The lowest BCUT2D eigenvalue weighted by Crippen LogP contribution is -2.12. The number of aromatic nitrogens is 3. The molecule has 1 aliphatic heterocycles. The van der Waals surface area contributed by atoms with Crippen molar-refractivity contribution in [1.29, 1.82) is 0 Å². The highest BCUT2D eigenvalue weighted by atomic mass is 16.5. The van der Waals surface area contributed by atoms with Gasteiger partial charge in [-0.15, -0.1) is 0 Å². The number of hydrogen-bond donors (Lipinski definition) is 1. The number of benzene rings is 1. The van der Waals surface area contributed by atoms with Crippen molar-refractivity contribution < 1.29 is 4.74 Å². The summed E-state index contributed by atoms with van der Waals surface area (Å²) < 4.78 is 7.63. The lowest BCUT2D eigenvalue weighted by atomic mass is 10.1. The molecule has 1 aliphatic rings. The van der Waals surface area contributed by atoms with E-state index in [9.17, 15) is 0 Å². The number of rotatable bonds is 3. The zero-order valence-electron chi connectivity index (χ0n) is 12.5. The molecule has 0 amide bonds. The molecular weight excluding hydrogens is 276 g/mol. The molecule has 1 aromatic carbocycles. The summed E-state index contributed by atoms with van der Waals surface area (Å²) in [5, 5.41) is 4.50. The molecule has 0 radical (unpaired) electrons. The summed E-state index contributed by atoms with van der Waals surface area (Å²) in [7, 11) is 1.69. The molecule has 1 unspecified atom stereocenters. The summed E-state index contributed by atoms with van der Waals surface area (Å²) >= 11 is 0. The first-order valence-corrected chi connectivity index (χ1v) is 7.52. The van der Waals surface area contributed by atoms with Gasteiger partial charge in [0.2, 0.25) is 0 Å². The fraction of sp³-hybridized carbons (Fsp3) is 0.294. The van der Waals surface area contributed by atoms with E-state index in [4.69, 9.17) is 4.74 Å². The Morgan fingerprint density at radius 3 is 3.14 bits per heavy atom. The van der Waals surface area contributed by atoms with Crippen LogP contribution in [0.5, 0.6) is 5.75 Å². The first-order valence-electron chi connectivity index (χ1n) is 7.52. The largest absolute Gasteiger partial charge is 0.497 e. The Labute approximate surface area is 129 Å². The van der Waals surface area contributed by atoms with Crippen LogP contribution in [0.2, 0.25) is 0 Å². The van der Waals surface area contributed by atoms with Crippen molar-refractivity contribution in [3.05, 3.63) is 43.0 Å². The summed E-state index contributed by atoms with van der Waals surface area (Å²) in [5.41, 5.74) is 3.28. The van der Waals surface area contributed by atoms with Gasteiger partial charge in [0, 0.05) is 35.9 Å². The summed E-state index contributed by atoms with van der Waals surface area (Å²) in [5.74, 6) is 0.859. The molecule has 22 heavy (non-hydrogen) atoms. The maximum Gasteiger partial charge on any atom is 0.144 e. The third-order valence-electron chi connectivity index (χ3n) is 4.30. The lowest BCUT2D eigenvalue weighted by Gasteiger charge is -2.11. The van der Waals surface area contributed by atoms with Crippen LogP contribution in [-0.2, 0) is 0 Å². The smallest absolute Gasteiger partial charge is 0.144 e. The number of methoxy groups -OCH3 is 1. The molecule has 112 valence electrons. The van der Waals surface area contributed by atoms with Crippen LogP contribution in [-0.4, -0.2) is 34.7 Å². The van der Waals surface area contributed by atoms with Gasteiger partial charge < -0.3 is 14.6 Å². The maximum atomic E-state index is 5.35. The number of nitrogens with one attached hydrogen (secondary N) is 1. The van der Waals surface area contributed by atoms with E-state index in [1.807, 2.05) is 18.3 Å². The lowest BCUT2D eigenvalue weighted by molar-refractivity contribution is 0.415. The molecule has 3 heterocycles. The minimum Gasteiger partial charge on any atom is -0.497 e. The first kappa shape index (κ1) is 13.3. The highest BCUT2D eigenvalue weighted by Gasteiger charge is 2.21. The quantitative estimate of drug-likeness (QED) is 0.807.